The number of fused-ring (bicyclic) bond motifs is 7. The molecular formula is C52H41N. The molecule has 0 radical (unpaired) electrons. The molecule has 0 spiro atoms. The molecule has 0 atom stereocenters. The van der Waals surface area contributed by atoms with E-state index in [9.17, 15) is 0 Å². The van der Waals surface area contributed by atoms with Crippen molar-refractivity contribution in [3.8, 4) is 44.5 Å². The number of hydrogen-bond acceptors (Lipinski definition) is 1. The second kappa shape index (κ2) is 11.7. The fourth-order valence-corrected chi connectivity index (χ4v) is 9.30. The molecule has 0 saturated carbocycles. The molecule has 0 saturated heterocycles. The molecule has 0 aliphatic heterocycles. The highest BCUT2D eigenvalue weighted by atomic mass is 15.1. The highest BCUT2D eigenvalue weighted by Gasteiger charge is 2.38. The Kier molecular flexibility index (Phi) is 6.94. The minimum Gasteiger partial charge on any atom is -0.310 e. The van der Waals surface area contributed by atoms with Gasteiger partial charge in [0.25, 0.3) is 0 Å². The Morgan fingerprint density at radius 3 is 1.58 bits per heavy atom. The Morgan fingerprint density at radius 1 is 0.340 bits per heavy atom. The molecule has 254 valence electrons. The van der Waals surface area contributed by atoms with Crippen LogP contribution in [0, 0.1) is 0 Å². The Hall–Kier alpha value is -6.18. The van der Waals surface area contributed by atoms with Gasteiger partial charge in [-0.3, -0.25) is 0 Å². The lowest BCUT2D eigenvalue weighted by atomic mass is 9.80. The zero-order valence-electron chi connectivity index (χ0n) is 30.7. The van der Waals surface area contributed by atoms with Crippen LogP contribution in [-0.2, 0) is 10.8 Å². The lowest BCUT2D eigenvalue weighted by Crippen LogP contribution is -2.16. The molecule has 0 bridgehead atoms. The Labute approximate surface area is 312 Å². The van der Waals surface area contributed by atoms with Crippen LogP contribution in [-0.4, -0.2) is 0 Å². The topological polar surface area (TPSA) is 3.24 Å². The summed E-state index contributed by atoms with van der Waals surface area (Å²) in [5.41, 5.74) is 19.3. The van der Waals surface area contributed by atoms with Gasteiger partial charge in [-0.25, -0.2) is 0 Å². The van der Waals surface area contributed by atoms with Crippen molar-refractivity contribution in [1.29, 1.82) is 0 Å². The maximum atomic E-state index is 2.42. The second-order valence-corrected chi connectivity index (χ2v) is 15.8. The standard InChI is InChI=1S/C52H41N/c1-51(2)45-20-12-10-18-42(45)43-31-30-40(33-47(43)51)53(38-15-6-5-7-16-38)39-28-26-35(27-29-39)34-22-24-36(25-23-34)49-41-17-9-8-14-37(41)32-48-50(49)44-19-11-13-21-46(44)52(48,3)4/h5-33H,1-4H3. The first-order chi connectivity index (χ1) is 25.8. The van der Waals surface area contributed by atoms with Gasteiger partial charge in [0.1, 0.15) is 0 Å². The quantitative estimate of drug-likeness (QED) is 0.175. The van der Waals surface area contributed by atoms with Crippen LogP contribution in [0.15, 0.2) is 176 Å². The number of para-hydroxylation sites is 1. The van der Waals surface area contributed by atoms with Crippen molar-refractivity contribution in [3.05, 3.63) is 198 Å². The van der Waals surface area contributed by atoms with E-state index in [0.717, 1.165) is 11.4 Å². The van der Waals surface area contributed by atoms with E-state index in [1.54, 1.807) is 0 Å². The fraction of sp³-hybridized carbons (Fsp3) is 0.115. The predicted molar refractivity (Wildman–Crippen MR) is 225 cm³/mol. The number of hydrogen-bond donors (Lipinski definition) is 0. The summed E-state index contributed by atoms with van der Waals surface area (Å²) < 4.78 is 0. The maximum Gasteiger partial charge on any atom is 0.0465 e. The van der Waals surface area contributed by atoms with Crippen molar-refractivity contribution in [2.24, 2.45) is 0 Å². The molecule has 2 aliphatic carbocycles. The summed E-state index contributed by atoms with van der Waals surface area (Å²) in [5, 5.41) is 2.59. The molecule has 8 aromatic rings. The first kappa shape index (κ1) is 31.5. The molecule has 0 fully saturated rings. The van der Waals surface area contributed by atoms with Gasteiger partial charge in [0.2, 0.25) is 0 Å². The van der Waals surface area contributed by atoms with Crippen LogP contribution < -0.4 is 4.90 Å². The van der Waals surface area contributed by atoms with E-state index in [-0.39, 0.29) is 10.8 Å². The average Bonchev–Trinajstić information content (AvgIpc) is 3.57. The van der Waals surface area contributed by atoms with Gasteiger partial charge in [-0.05, 0) is 120 Å². The Morgan fingerprint density at radius 2 is 0.849 bits per heavy atom. The SMILES string of the molecule is CC1(C)c2ccccc2-c2ccc(N(c3ccccc3)c3ccc(-c4ccc(-c5c6c(cc7ccccc57)C(C)(C)c5ccccc5-6)cc4)cc3)cc21. The van der Waals surface area contributed by atoms with Crippen LogP contribution in [0.5, 0.6) is 0 Å². The van der Waals surface area contributed by atoms with E-state index in [2.05, 4.69) is 209 Å². The van der Waals surface area contributed by atoms with Gasteiger partial charge in [-0.15, -0.1) is 0 Å². The molecule has 8 aromatic carbocycles. The summed E-state index contributed by atoms with van der Waals surface area (Å²) in [6.45, 7) is 9.43. The van der Waals surface area contributed by atoms with Crippen molar-refractivity contribution in [2.45, 2.75) is 38.5 Å². The monoisotopic (exact) mass is 679 g/mol. The number of benzene rings is 8. The molecule has 0 aromatic heterocycles. The average molecular weight is 680 g/mol. The molecule has 0 heterocycles. The summed E-state index contributed by atoms with van der Waals surface area (Å²) >= 11 is 0. The van der Waals surface area contributed by atoms with Gasteiger partial charge in [-0.1, -0.05) is 161 Å². The zero-order chi connectivity index (χ0) is 35.9. The highest BCUT2D eigenvalue weighted by molar-refractivity contribution is 6.08. The third kappa shape index (κ3) is 4.77. The van der Waals surface area contributed by atoms with E-state index in [1.807, 2.05) is 0 Å². The van der Waals surface area contributed by atoms with Crippen molar-refractivity contribution < 1.29 is 0 Å². The Balaban J connectivity index is 1.03. The van der Waals surface area contributed by atoms with Gasteiger partial charge in [0.05, 0.1) is 0 Å². The minimum atomic E-state index is -0.0635. The minimum absolute atomic E-state index is 0.0545. The van der Waals surface area contributed by atoms with Crippen LogP contribution in [0.2, 0.25) is 0 Å². The Bertz CT molecular complexity index is 2700. The van der Waals surface area contributed by atoms with Crippen LogP contribution in [0.1, 0.15) is 49.9 Å². The van der Waals surface area contributed by atoms with Gasteiger partial charge >= 0.3 is 0 Å². The first-order valence-electron chi connectivity index (χ1n) is 18.8. The van der Waals surface area contributed by atoms with Crippen molar-refractivity contribution in [1.82, 2.24) is 0 Å². The molecular weight excluding hydrogens is 639 g/mol. The normalized spacial score (nSPS) is 14.3. The van der Waals surface area contributed by atoms with E-state index in [4.69, 9.17) is 0 Å². The van der Waals surface area contributed by atoms with Gasteiger partial charge in [0, 0.05) is 27.9 Å². The van der Waals surface area contributed by atoms with E-state index >= 15 is 0 Å². The van der Waals surface area contributed by atoms with Crippen LogP contribution in [0.3, 0.4) is 0 Å². The van der Waals surface area contributed by atoms with Crippen molar-refractivity contribution in [2.75, 3.05) is 4.90 Å². The number of rotatable bonds is 5. The first-order valence-corrected chi connectivity index (χ1v) is 18.8. The maximum absolute atomic E-state index is 2.42. The van der Waals surface area contributed by atoms with Crippen LogP contribution in [0.25, 0.3) is 55.3 Å². The third-order valence-corrected chi connectivity index (χ3v) is 12.1. The fourth-order valence-electron chi connectivity index (χ4n) is 9.30. The molecule has 53 heavy (non-hydrogen) atoms. The smallest absolute Gasteiger partial charge is 0.0465 e. The van der Waals surface area contributed by atoms with Gasteiger partial charge in [0.15, 0.2) is 0 Å². The molecule has 0 unspecified atom stereocenters. The summed E-state index contributed by atoms with van der Waals surface area (Å²) in [7, 11) is 0. The largest absolute Gasteiger partial charge is 0.310 e. The van der Waals surface area contributed by atoms with Crippen molar-refractivity contribution >= 4 is 27.8 Å². The summed E-state index contributed by atoms with van der Waals surface area (Å²) in [4.78, 5) is 2.38. The molecule has 0 N–H and O–H groups in total. The summed E-state index contributed by atoms with van der Waals surface area (Å²) in [6.07, 6.45) is 0. The molecule has 1 nitrogen and oxygen atoms in total. The molecule has 10 rings (SSSR count). The lowest BCUT2D eigenvalue weighted by molar-refractivity contribution is 0.660. The lowest BCUT2D eigenvalue weighted by Gasteiger charge is -2.28. The van der Waals surface area contributed by atoms with Crippen LogP contribution >= 0.6 is 0 Å². The predicted octanol–water partition coefficient (Wildman–Crippen LogP) is 14.3. The molecule has 1 heteroatoms. The second-order valence-electron chi connectivity index (χ2n) is 15.8. The third-order valence-electron chi connectivity index (χ3n) is 12.1. The van der Waals surface area contributed by atoms with E-state index < -0.39 is 0 Å². The number of nitrogens with zero attached hydrogens (tertiary/aromatic N) is 1. The summed E-state index contributed by atoms with van der Waals surface area (Å²) in [6, 6.07) is 65.1. The van der Waals surface area contributed by atoms with E-state index in [0.29, 0.717) is 0 Å². The van der Waals surface area contributed by atoms with Gasteiger partial charge in [-0.2, -0.15) is 0 Å². The zero-order valence-corrected chi connectivity index (χ0v) is 30.7. The van der Waals surface area contributed by atoms with Crippen molar-refractivity contribution in [3.63, 3.8) is 0 Å². The molecule has 2 aliphatic rings. The highest BCUT2D eigenvalue weighted by Crippen LogP contribution is 2.54. The summed E-state index contributed by atoms with van der Waals surface area (Å²) in [5.74, 6) is 0. The van der Waals surface area contributed by atoms with E-state index in [1.165, 1.54) is 83.2 Å². The number of anilines is 3. The molecule has 0 amide bonds. The van der Waals surface area contributed by atoms with Crippen LogP contribution in [0.4, 0.5) is 17.1 Å². The van der Waals surface area contributed by atoms with Gasteiger partial charge < -0.3 is 4.90 Å².